The molecule has 0 unspecified atom stereocenters. The number of hydrogen-bond donors (Lipinski definition) is 0. The molecule has 0 saturated carbocycles. The maximum Gasteiger partial charge on any atom is 0.416 e. The van der Waals surface area contributed by atoms with Gasteiger partial charge in [0.15, 0.2) is 18.1 Å². The van der Waals surface area contributed by atoms with Crippen LogP contribution in [-0.2, 0) is 15.7 Å². The van der Waals surface area contributed by atoms with Crippen molar-refractivity contribution in [3.8, 4) is 11.5 Å². The van der Waals surface area contributed by atoms with E-state index in [9.17, 15) is 18.0 Å². The van der Waals surface area contributed by atoms with Crippen LogP contribution in [0.3, 0.4) is 0 Å². The standard InChI is InChI=1S/C35H36F3N3O4S/c1-43-30-21-25-7-2-3-8-26(25)22-31(30)45-24-34(42)44-20-19-40-17-15-39(16-18-40)13-6-14-41-28-9-4-5-10-32(28)46-33-12-11-27(23-29(33)41)35(36,37)38/h2-5,7-12,21-23H,6,13-20,24H2,1H3. The van der Waals surface area contributed by atoms with Crippen LogP contribution >= 0.6 is 11.8 Å². The Bertz CT molecular complexity index is 1680. The number of piperazine rings is 1. The molecule has 0 aliphatic carbocycles. The molecule has 0 aromatic heterocycles. The third-order valence-electron chi connectivity index (χ3n) is 8.32. The Balaban J connectivity index is 0.935. The lowest BCUT2D eigenvalue weighted by Gasteiger charge is -2.36. The number of anilines is 2. The molecular weight excluding hydrogens is 615 g/mol. The third-order valence-corrected chi connectivity index (χ3v) is 9.45. The van der Waals surface area contributed by atoms with E-state index in [1.54, 1.807) is 13.2 Å². The normalized spacial score (nSPS) is 15.3. The highest BCUT2D eigenvalue weighted by molar-refractivity contribution is 7.99. The lowest BCUT2D eigenvalue weighted by Crippen LogP contribution is -2.47. The van der Waals surface area contributed by atoms with Gasteiger partial charge in [-0.15, -0.1) is 0 Å². The highest BCUT2D eigenvalue weighted by atomic mass is 32.2. The minimum Gasteiger partial charge on any atom is -0.493 e. The first-order chi connectivity index (χ1) is 22.3. The van der Waals surface area contributed by atoms with Gasteiger partial charge in [-0.05, 0) is 66.2 Å². The fraction of sp³-hybridized carbons (Fsp3) is 0.343. The predicted octanol–water partition coefficient (Wildman–Crippen LogP) is 7.10. The van der Waals surface area contributed by atoms with E-state index in [0.717, 1.165) is 71.5 Å². The van der Waals surface area contributed by atoms with Crippen LogP contribution in [0, 0.1) is 0 Å². The molecule has 1 saturated heterocycles. The first kappa shape index (κ1) is 32.0. The zero-order valence-electron chi connectivity index (χ0n) is 25.6. The Morgan fingerprint density at radius 2 is 1.43 bits per heavy atom. The van der Waals surface area contributed by atoms with Gasteiger partial charge in [0.1, 0.15) is 6.61 Å². The highest BCUT2D eigenvalue weighted by Gasteiger charge is 2.33. The summed E-state index contributed by atoms with van der Waals surface area (Å²) in [6, 6.07) is 23.5. The van der Waals surface area contributed by atoms with E-state index < -0.39 is 17.7 Å². The van der Waals surface area contributed by atoms with Crippen LogP contribution in [0.4, 0.5) is 24.5 Å². The van der Waals surface area contributed by atoms with E-state index in [1.165, 1.54) is 17.8 Å². The molecule has 7 nitrogen and oxygen atoms in total. The number of benzene rings is 4. The quantitative estimate of drug-likeness (QED) is 0.159. The monoisotopic (exact) mass is 651 g/mol. The van der Waals surface area contributed by atoms with E-state index in [0.29, 0.717) is 30.3 Å². The molecule has 0 spiro atoms. The summed E-state index contributed by atoms with van der Waals surface area (Å²) in [6.45, 7) is 5.63. The summed E-state index contributed by atoms with van der Waals surface area (Å²) < 4.78 is 57.1. The largest absolute Gasteiger partial charge is 0.493 e. The Labute approximate surface area is 270 Å². The van der Waals surface area contributed by atoms with Crippen LogP contribution in [0.2, 0.25) is 0 Å². The lowest BCUT2D eigenvalue weighted by molar-refractivity contribution is -0.146. The van der Waals surface area contributed by atoms with E-state index >= 15 is 0 Å². The average Bonchev–Trinajstić information content (AvgIpc) is 3.06. The van der Waals surface area contributed by atoms with E-state index in [4.69, 9.17) is 14.2 Å². The molecule has 11 heteroatoms. The van der Waals surface area contributed by atoms with Crippen molar-refractivity contribution in [2.45, 2.75) is 22.4 Å². The number of alkyl halides is 3. The number of esters is 1. The van der Waals surface area contributed by atoms with Crippen molar-refractivity contribution in [2.24, 2.45) is 0 Å². The van der Waals surface area contributed by atoms with Crippen LogP contribution < -0.4 is 14.4 Å². The number of fused-ring (bicyclic) bond motifs is 3. The van der Waals surface area contributed by atoms with E-state index in [-0.39, 0.29) is 13.2 Å². The topological polar surface area (TPSA) is 54.5 Å². The summed E-state index contributed by atoms with van der Waals surface area (Å²) in [5.41, 5.74) is 0.927. The van der Waals surface area contributed by atoms with Crippen molar-refractivity contribution in [3.63, 3.8) is 0 Å². The Kier molecular flexibility index (Phi) is 9.91. The second-order valence-corrected chi connectivity index (χ2v) is 12.4. The van der Waals surface area contributed by atoms with Gasteiger partial charge in [0.2, 0.25) is 0 Å². The van der Waals surface area contributed by atoms with Gasteiger partial charge in [-0.1, -0.05) is 48.2 Å². The molecule has 0 N–H and O–H groups in total. The number of methoxy groups -OCH3 is 1. The second-order valence-electron chi connectivity index (χ2n) is 11.3. The van der Waals surface area contributed by atoms with E-state index in [1.807, 2.05) is 65.6 Å². The average molecular weight is 652 g/mol. The van der Waals surface area contributed by atoms with Gasteiger partial charge >= 0.3 is 12.1 Å². The molecule has 0 atom stereocenters. The highest BCUT2D eigenvalue weighted by Crippen LogP contribution is 2.49. The van der Waals surface area contributed by atoms with Gasteiger partial charge in [-0.2, -0.15) is 13.2 Å². The zero-order valence-corrected chi connectivity index (χ0v) is 26.4. The number of hydrogen-bond acceptors (Lipinski definition) is 8. The van der Waals surface area contributed by atoms with Crippen molar-refractivity contribution >= 4 is 39.9 Å². The molecule has 0 bridgehead atoms. The number of rotatable bonds is 11. The van der Waals surface area contributed by atoms with Crippen molar-refractivity contribution in [1.82, 2.24) is 9.80 Å². The minimum atomic E-state index is -4.39. The molecule has 2 aliphatic rings. The van der Waals surface area contributed by atoms with Crippen molar-refractivity contribution in [3.05, 3.63) is 84.4 Å². The number of para-hydroxylation sites is 1. The SMILES string of the molecule is COc1cc2ccccc2cc1OCC(=O)OCCN1CCN(CCCN2c3ccccc3Sc3ccc(C(F)(F)F)cc32)CC1. The molecule has 0 amide bonds. The second kappa shape index (κ2) is 14.2. The Morgan fingerprint density at radius 1 is 0.783 bits per heavy atom. The molecule has 46 heavy (non-hydrogen) atoms. The zero-order chi connectivity index (χ0) is 32.1. The molecular formula is C35H36F3N3O4S. The van der Waals surface area contributed by atoms with Crippen LogP contribution in [0.1, 0.15) is 12.0 Å². The summed E-state index contributed by atoms with van der Waals surface area (Å²) in [7, 11) is 1.57. The summed E-state index contributed by atoms with van der Waals surface area (Å²) >= 11 is 1.51. The molecule has 4 aromatic rings. The maximum atomic E-state index is 13.5. The maximum absolute atomic E-state index is 13.5. The van der Waals surface area contributed by atoms with Gasteiger partial charge in [0.25, 0.3) is 0 Å². The minimum absolute atomic E-state index is 0.204. The molecule has 242 valence electrons. The number of carbonyl (C=O) groups is 1. The number of carbonyl (C=O) groups excluding carboxylic acids is 1. The first-order valence-corrected chi connectivity index (χ1v) is 16.2. The molecule has 6 rings (SSSR count). The molecule has 2 aliphatic heterocycles. The smallest absolute Gasteiger partial charge is 0.416 e. The number of nitrogens with zero attached hydrogens (tertiary/aromatic N) is 3. The van der Waals surface area contributed by atoms with Crippen molar-refractivity contribution in [1.29, 1.82) is 0 Å². The molecule has 0 radical (unpaired) electrons. The third kappa shape index (κ3) is 7.54. The summed E-state index contributed by atoms with van der Waals surface area (Å²) in [6.07, 6.45) is -3.57. The van der Waals surface area contributed by atoms with Gasteiger partial charge in [0, 0.05) is 49.1 Å². The summed E-state index contributed by atoms with van der Waals surface area (Å²) in [4.78, 5) is 20.9. The summed E-state index contributed by atoms with van der Waals surface area (Å²) in [5, 5.41) is 2.02. The van der Waals surface area contributed by atoms with Crippen LogP contribution in [0.25, 0.3) is 10.8 Å². The predicted molar refractivity (Wildman–Crippen MR) is 173 cm³/mol. The molecule has 1 fully saturated rings. The molecule has 2 heterocycles. The summed E-state index contributed by atoms with van der Waals surface area (Å²) in [5.74, 6) is 0.618. The lowest BCUT2D eigenvalue weighted by atomic mass is 10.1. The Morgan fingerprint density at radius 3 is 2.15 bits per heavy atom. The van der Waals surface area contributed by atoms with Crippen molar-refractivity contribution in [2.75, 3.05) is 71.0 Å². The van der Waals surface area contributed by atoms with Crippen LogP contribution in [0.15, 0.2) is 88.7 Å². The van der Waals surface area contributed by atoms with Gasteiger partial charge < -0.3 is 24.0 Å². The van der Waals surface area contributed by atoms with Crippen molar-refractivity contribution < 1.29 is 32.2 Å². The van der Waals surface area contributed by atoms with E-state index in [2.05, 4.69) is 9.80 Å². The fourth-order valence-corrected chi connectivity index (χ4v) is 6.95. The first-order valence-electron chi connectivity index (χ1n) is 15.3. The van der Waals surface area contributed by atoms with Gasteiger partial charge in [0.05, 0.1) is 24.0 Å². The van der Waals surface area contributed by atoms with Crippen LogP contribution in [-0.4, -0.2) is 81.9 Å². The number of ether oxygens (including phenoxy) is 3. The van der Waals surface area contributed by atoms with Gasteiger partial charge in [-0.3, -0.25) is 4.90 Å². The molecule has 4 aromatic carbocycles. The van der Waals surface area contributed by atoms with Crippen LogP contribution in [0.5, 0.6) is 11.5 Å². The number of halogens is 3. The van der Waals surface area contributed by atoms with Gasteiger partial charge in [-0.25, -0.2) is 4.79 Å². The Hall–Kier alpha value is -3.93. The fourth-order valence-electron chi connectivity index (χ4n) is 5.87.